The Labute approximate surface area is 173 Å². The summed E-state index contributed by atoms with van der Waals surface area (Å²) in [7, 11) is 0. The van der Waals surface area contributed by atoms with Crippen LogP contribution < -0.4 is 15.8 Å². The molecule has 0 unspecified atom stereocenters. The van der Waals surface area contributed by atoms with Crippen molar-refractivity contribution in [3.63, 3.8) is 0 Å². The summed E-state index contributed by atoms with van der Waals surface area (Å²) >= 11 is 0. The van der Waals surface area contributed by atoms with Gasteiger partial charge in [0.15, 0.2) is 0 Å². The number of nitriles is 1. The van der Waals surface area contributed by atoms with Gasteiger partial charge in [-0.3, -0.25) is 4.79 Å². The molecule has 0 bridgehead atoms. The van der Waals surface area contributed by atoms with Crippen LogP contribution in [0.5, 0.6) is 5.75 Å². The third-order valence-electron chi connectivity index (χ3n) is 4.48. The summed E-state index contributed by atoms with van der Waals surface area (Å²) in [5.74, 6) is 0.369. The zero-order valence-corrected chi connectivity index (χ0v) is 16.6. The van der Waals surface area contributed by atoms with Gasteiger partial charge in [0, 0.05) is 12.1 Å². The minimum absolute atomic E-state index is 0.185. The smallest absolute Gasteiger partial charge is 0.251 e. The molecule has 1 heterocycles. The first-order valence-corrected chi connectivity index (χ1v) is 9.58. The lowest BCUT2D eigenvalue weighted by Crippen LogP contribution is -2.24. The summed E-state index contributed by atoms with van der Waals surface area (Å²) in [5.41, 5.74) is 7.99. The zero-order chi connectivity index (χ0) is 21.5. The van der Waals surface area contributed by atoms with E-state index in [1.54, 1.807) is 36.4 Å². The van der Waals surface area contributed by atoms with Gasteiger partial charge in [-0.1, -0.05) is 0 Å². The standard InChI is InChI=1S/C22H22FN5O2/c1-2-30-18-11-5-15(6-12-18)22(29)26-13-3-4-20-19(14-24)21(25)28(27-20)17-9-7-16(23)8-10-17/h5-12H,2-4,13,25H2,1H3,(H,26,29). The first-order valence-electron chi connectivity index (χ1n) is 9.58. The molecule has 8 heteroatoms. The molecule has 1 amide bonds. The molecule has 0 atom stereocenters. The maximum Gasteiger partial charge on any atom is 0.251 e. The van der Waals surface area contributed by atoms with Crippen LogP contribution in [0.1, 0.15) is 35.0 Å². The number of hydrogen-bond acceptors (Lipinski definition) is 5. The highest BCUT2D eigenvalue weighted by atomic mass is 19.1. The summed E-state index contributed by atoms with van der Waals surface area (Å²) < 4.78 is 19.9. The Bertz CT molecular complexity index is 1050. The molecule has 0 radical (unpaired) electrons. The molecular weight excluding hydrogens is 385 g/mol. The summed E-state index contributed by atoms with van der Waals surface area (Å²) in [5, 5.41) is 16.7. The van der Waals surface area contributed by atoms with E-state index in [2.05, 4.69) is 16.5 Å². The minimum Gasteiger partial charge on any atom is -0.494 e. The number of hydrogen-bond donors (Lipinski definition) is 2. The Morgan fingerprint density at radius 2 is 1.93 bits per heavy atom. The number of benzene rings is 2. The third kappa shape index (κ3) is 4.75. The second-order valence-electron chi connectivity index (χ2n) is 6.52. The fourth-order valence-electron chi connectivity index (χ4n) is 2.98. The van der Waals surface area contributed by atoms with Gasteiger partial charge in [-0.05, 0) is 68.3 Å². The summed E-state index contributed by atoms with van der Waals surface area (Å²) in [6.45, 7) is 2.88. The summed E-state index contributed by atoms with van der Waals surface area (Å²) in [6, 6.07) is 14.7. The molecule has 3 rings (SSSR count). The van der Waals surface area contributed by atoms with Crippen molar-refractivity contribution >= 4 is 11.7 Å². The molecule has 0 saturated carbocycles. The van der Waals surface area contributed by atoms with Crippen LogP contribution in [0.3, 0.4) is 0 Å². The van der Waals surface area contributed by atoms with Crippen LogP contribution in [0.25, 0.3) is 5.69 Å². The number of nitrogen functional groups attached to an aromatic ring is 1. The topological polar surface area (TPSA) is 106 Å². The van der Waals surface area contributed by atoms with Gasteiger partial charge in [0.05, 0.1) is 18.0 Å². The van der Waals surface area contributed by atoms with Gasteiger partial charge in [-0.25, -0.2) is 9.07 Å². The maximum absolute atomic E-state index is 13.1. The molecule has 154 valence electrons. The van der Waals surface area contributed by atoms with Gasteiger partial charge < -0.3 is 15.8 Å². The highest BCUT2D eigenvalue weighted by Gasteiger charge is 2.16. The molecule has 0 fully saturated rings. The van der Waals surface area contributed by atoms with E-state index in [0.717, 1.165) is 0 Å². The SMILES string of the molecule is CCOc1ccc(C(=O)NCCCc2nn(-c3ccc(F)cc3)c(N)c2C#N)cc1. The van der Waals surface area contributed by atoms with Crippen molar-refractivity contribution in [1.29, 1.82) is 5.26 Å². The molecular formula is C22H22FN5O2. The van der Waals surface area contributed by atoms with Crippen LogP contribution in [0, 0.1) is 17.1 Å². The largest absolute Gasteiger partial charge is 0.494 e. The summed E-state index contributed by atoms with van der Waals surface area (Å²) in [6.07, 6.45) is 1.04. The molecule has 7 nitrogen and oxygen atoms in total. The fraction of sp³-hybridized carbons (Fsp3) is 0.227. The Kier molecular flexibility index (Phi) is 6.65. The van der Waals surface area contributed by atoms with Crippen LogP contribution in [-0.4, -0.2) is 28.8 Å². The molecule has 3 N–H and O–H groups in total. The van der Waals surface area contributed by atoms with Crippen LogP contribution in [-0.2, 0) is 6.42 Å². The lowest BCUT2D eigenvalue weighted by Gasteiger charge is -2.06. The van der Waals surface area contributed by atoms with Crippen LogP contribution in [0.4, 0.5) is 10.2 Å². The van der Waals surface area contributed by atoms with E-state index in [1.807, 2.05) is 6.92 Å². The number of ether oxygens (including phenoxy) is 1. The van der Waals surface area contributed by atoms with Gasteiger partial charge in [0.2, 0.25) is 0 Å². The number of nitrogens with two attached hydrogens (primary N) is 1. The quantitative estimate of drug-likeness (QED) is 0.558. The molecule has 0 aliphatic carbocycles. The number of halogens is 1. The van der Waals surface area contributed by atoms with Crippen LogP contribution in [0.15, 0.2) is 48.5 Å². The monoisotopic (exact) mass is 407 g/mol. The summed E-state index contributed by atoms with van der Waals surface area (Å²) in [4.78, 5) is 12.2. The van der Waals surface area contributed by atoms with Gasteiger partial charge in [0.1, 0.15) is 29.0 Å². The van der Waals surface area contributed by atoms with E-state index >= 15 is 0 Å². The van der Waals surface area contributed by atoms with E-state index in [-0.39, 0.29) is 23.1 Å². The zero-order valence-electron chi connectivity index (χ0n) is 16.6. The predicted molar refractivity (Wildman–Crippen MR) is 111 cm³/mol. The Balaban J connectivity index is 1.59. The van der Waals surface area contributed by atoms with Gasteiger partial charge in [0.25, 0.3) is 5.91 Å². The number of anilines is 1. The fourth-order valence-corrected chi connectivity index (χ4v) is 2.98. The normalized spacial score (nSPS) is 10.4. The molecule has 0 spiro atoms. The van der Waals surface area contributed by atoms with Gasteiger partial charge >= 0.3 is 0 Å². The number of nitrogens with zero attached hydrogens (tertiary/aromatic N) is 3. The van der Waals surface area contributed by atoms with E-state index in [1.165, 1.54) is 16.8 Å². The van der Waals surface area contributed by atoms with E-state index in [0.29, 0.717) is 48.7 Å². The minimum atomic E-state index is -0.367. The first-order chi connectivity index (χ1) is 14.5. The number of nitrogens with one attached hydrogen (secondary N) is 1. The number of aryl methyl sites for hydroxylation is 1. The third-order valence-corrected chi connectivity index (χ3v) is 4.48. The predicted octanol–water partition coefficient (Wildman–Crippen LogP) is 3.23. The van der Waals surface area contributed by atoms with Gasteiger partial charge in [-0.15, -0.1) is 0 Å². The van der Waals surface area contributed by atoms with Crippen molar-refractivity contribution in [2.75, 3.05) is 18.9 Å². The van der Waals surface area contributed by atoms with Crippen molar-refractivity contribution in [3.05, 3.63) is 71.2 Å². The number of carbonyl (C=O) groups is 1. The molecule has 0 aliphatic heterocycles. The molecule has 3 aromatic rings. The van der Waals surface area contributed by atoms with Gasteiger partial charge in [-0.2, -0.15) is 10.4 Å². The van der Waals surface area contributed by atoms with Crippen LogP contribution in [0.2, 0.25) is 0 Å². The van der Waals surface area contributed by atoms with Crippen LogP contribution >= 0.6 is 0 Å². The highest BCUT2D eigenvalue weighted by Crippen LogP contribution is 2.21. The Morgan fingerprint density at radius 3 is 2.57 bits per heavy atom. The number of amides is 1. The average Bonchev–Trinajstić information content (AvgIpc) is 3.07. The van der Waals surface area contributed by atoms with E-state index in [4.69, 9.17) is 10.5 Å². The second kappa shape index (κ2) is 9.56. The average molecular weight is 407 g/mol. The van der Waals surface area contributed by atoms with E-state index < -0.39 is 0 Å². The lowest BCUT2D eigenvalue weighted by molar-refractivity contribution is 0.0953. The number of aromatic nitrogens is 2. The molecule has 0 aliphatic rings. The number of rotatable bonds is 8. The molecule has 0 saturated heterocycles. The van der Waals surface area contributed by atoms with Crippen molar-refractivity contribution in [1.82, 2.24) is 15.1 Å². The molecule has 1 aromatic heterocycles. The Hall–Kier alpha value is -3.86. The number of carbonyl (C=O) groups excluding carboxylic acids is 1. The van der Waals surface area contributed by atoms with Crippen molar-refractivity contribution in [2.24, 2.45) is 0 Å². The van der Waals surface area contributed by atoms with Crippen molar-refractivity contribution in [3.8, 4) is 17.5 Å². The van der Waals surface area contributed by atoms with E-state index in [9.17, 15) is 14.4 Å². The lowest BCUT2D eigenvalue weighted by atomic mass is 10.1. The highest BCUT2D eigenvalue weighted by molar-refractivity contribution is 5.94. The first kappa shape index (κ1) is 20.9. The van der Waals surface area contributed by atoms with Crippen molar-refractivity contribution in [2.45, 2.75) is 19.8 Å². The Morgan fingerprint density at radius 1 is 1.23 bits per heavy atom. The molecule has 2 aromatic carbocycles. The maximum atomic E-state index is 13.1. The second-order valence-corrected chi connectivity index (χ2v) is 6.52. The van der Waals surface area contributed by atoms with Crippen molar-refractivity contribution < 1.29 is 13.9 Å². The molecule has 30 heavy (non-hydrogen) atoms.